The van der Waals surface area contributed by atoms with Crippen molar-refractivity contribution in [3.8, 4) is 0 Å². The lowest BCUT2D eigenvalue weighted by atomic mass is 9.90. The molecule has 1 aliphatic heterocycles. The molecule has 0 saturated heterocycles. The van der Waals surface area contributed by atoms with Crippen LogP contribution in [0.3, 0.4) is 0 Å². The number of fused-ring (bicyclic) bond motifs is 1. The lowest BCUT2D eigenvalue weighted by Crippen LogP contribution is -2.33. The SMILES string of the molecule is Cc1cc2n(n1)CCN(Cc1cc(C(N)=O)oc1C(C)(C)C)C2. The second-order valence-corrected chi connectivity index (χ2v) is 7.29. The van der Waals surface area contributed by atoms with Crippen LogP contribution in [0, 0.1) is 6.92 Å². The van der Waals surface area contributed by atoms with Crippen LogP contribution in [-0.4, -0.2) is 27.1 Å². The molecule has 2 aromatic heterocycles. The standard InChI is InChI=1S/C17H24N4O2/c1-11-7-13-10-20(5-6-21(13)19-11)9-12-8-14(16(18)22)23-15(12)17(2,3)4/h7-8H,5-6,9-10H2,1-4H3,(H2,18,22). The molecular formula is C17H24N4O2. The molecule has 6 heteroatoms. The number of hydrogen-bond acceptors (Lipinski definition) is 4. The molecule has 6 nitrogen and oxygen atoms in total. The largest absolute Gasteiger partial charge is 0.455 e. The number of nitrogens with two attached hydrogens (primary N) is 1. The van der Waals surface area contributed by atoms with Crippen LogP contribution < -0.4 is 5.73 Å². The van der Waals surface area contributed by atoms with Crippen molar-refractivity contribution in [2.24, 2.45) is 5.73 Å². The van der Waals surface area contributed by atoms with Crippen LogP contribution in [0.25, 0.3) is 0 Å². The van der Waals surface area contributed by atoms with Crippen molar-refractivity contribution in [3.05, 3.63) is 40.6 Å². The van der Waals surface area contributed by atoms with Crippen molar-refractivity contribution in [2.45, 2.75) is 52.7 Å². The summed E-state index contributed by atoms with van der Waals surface area (Å²) >= 11 is 0. The number of nitrogens with zero attached hydrogens (tertiary/aromatic N) is 3. The summed E-state index contributed by atoms with van der Waals surface area (Å²) in [4.78, 5) is 13.8. The fraction of sp³-hybridized carbons (Fsp3) is 0.529. The van der Waals surface area contributed by atoms with Crippen molar-refractivity contribution in [1.29, 1.82) is 0 Å². The number of carbonyl (C=O) groups excluding carboxylic acids is 1. The predicted molar refractivity (Wildman–Crippen MR) is 87.0 cm³/mol. The van der Waals surface area contributed by atoms with Gasteiger partial charge in [0.1, 0.15) is 5.76 Å². The molecule has 1 aliphatic rings. The van der Waals surface area contributed by atoms with Gasteiger partial charge in [-0.05, 0) is 19.1 Å². The molecule has 2 aromatic rings. The monoisotopic (exact) mass is 316 g/mol. The molecule has 124 valence electrons. The lowest BCUT2D eigenvalue weighted by Gasteiger charge is -2.28. The smallest absolute Gasteiger partial charge is 0.284 e. The highest BCUT2D eigenvalue weighted by Crippen LogP contribution is 2.30. The first kappa shape index (κ1) is 15.8. The van der Waals surface area contributed by atoms with Crippen molar-refractivity contribution in [2.75, 3.05) is 6.54 Å². The predicted octanol–water partition coefficient (Wildman–Crippen LogP) is 2.20. The van der Waals surface area contributed by atoms with Crippen LogP contribution in [-0.2, 0) is 25.0 Å². The fourth-order valence-corrected chi connectivity index (χ4v) is 3.14. The second-order valence-electron chi connectivity index (χ2n) is 7.29. The van der Waals surface area contributed by atoms with E-state index in [4.69, 9.17) is 10.2 Å². The number of hydrogen-bond donors (Lipinski definition) is 1. The van der Waals surface area contributed by atoms with Gasteiger partial charge < -0.3 is 10.2 Å². The molecule has 3 rings (SSSR count). The number of rotatable bonds is 3. The summed E-state index contributed by atoms with van der Waals surface area (Å²) in [5.74, 6) is 0.554. The van der Waals surface area contributed by atoms with Crippen molar-refractivity contribution in [1.82, 2.24) is 14.7 Å². The van der Waals surface area contributed by atoms with E-state index < -0.39 is 5.91 Å². The van der Waals surface area contributed by atoms with E-state index in [1.807, 2.05) is 6.92 Å². The summed E-state index contributed by atoms with van der Waals surface area (Å²) in [7, 11) is 0. The number of aryl methyl sites for hydroxylation is 1. The number of carbonyl (C=O) groups is 1. The van der Waals surface area contributed by atoms with E-state index in [1.54, 1.807) is 6.07 Å². The van der Waals surface area contributed by atoms with Crippen LogP contribution in [0.15, 0.2) is 16.5 Å². The van der Waals surface area contributed by atoms with E-state index in [0.717, 1.165) is 43.2 Å². The van der Waals surface area contributed by atoms with E-state index in [2.05, 4.69) is 41.5 Å². The van der Waals surface area contributed by atoms with Gasteiger partial charge in [0.2, 0.25) is 0 Å². The number of aromatic nitrogens is 2. The van der Waals surface area contributed by atoms with Crippen molar-refractivity contribution >= 4 is 5.91 Å². The molecule has 0 saturated carbocycles. The zero-order valence-corrected chi connectivity index (χ0v) is 14.2. The second kappa shape index (κ2) is 5.53. The van der Waals surface area contributed by atoms with Gasteiger partial charge >= 0.3 is 0 Å². The van der Waals surface area contributed by atoms with E-state index in [9.17, 15) is 4.79 Å². The van der Waals surface area contributed by atoms with Gasteiger partial charge in [0, 0.05) is 30.6 Å². The molecule has 1 amide bonds. The fourth-order valence-electron chi connectivity index (χ4n) is 3.14. The van der Waals surface area contributed by atoms with Crippen molar-refractivity contribution < 1.29 is 9.21 Å². The highest BCUT2D eigenvalue weighted by molar-refractivity contribution is 5.90. The maximum Gasteiger partial charge on any atom is 0.284 e. The Hall–Kier alpha value is -2.08. The van der Waals surface area contributed by atoms with Crippen LogP contribution >= 0.6 is 0 Å². The summed E-state index contributed by atoms with van der Waals surface area (Å²) < 4.78 is 7.81. The molecule has 2 N–H and O–H groups in total. The molecule has 0 bridgehead atoms. The zero-order valence-electron chi connectivity index (χ0n) is 14.2. The normalized spacial score (nSPS) is 15.7. The zero-order chi connectivity index (χ0) is 16.8. The summed E-state index contributed by atoms with van der Waals surface area (Å²) in [5.41, 5.74) is 8.53. The summed E-state index contributed by atoms with van der Waals surface area (Å²) in [6.07, 6.45) is 0. The van der Waals surface area contributed by atoms with Crippen molar-refractivity contribution in [3.63, 3.8) is 0 Å². The molecule has 0 radical (unpaired) electrons. The van der Waals surface area contributed by atoms with Gasteiger partial charge in [-0.1, -0.05) is 20.8 Å². The minimum atomic E-state index is -0.519. The summed E-state index contributed by atoms with van der Waals surface area (Å²) in [6, 6.07) is 3.92. The van der Waals surface area contributed by atoms with Crippen LogP contribution in [0.1, 0.15) is 54.0 Å². The molecule has 3 heterocycles. The molecule has 0 aromatic carbocycles. The number of furan rings is 1. The molecule has 0 fully saturated rings. The first-order valence-corrected chi connectivity index (χ1v) is 7.92. The third kappa shape index (κ3) is 3.17. The average Bonchev–Trinajstić information content (AvgIpc) is 3.00. The Morgan fingerprint density at radius 3 is 2.74 bits per heavy atom. The molecule has 23 heavy (non-hydrogen) atoms. The average molecular weight is 316 g/mol. The third-order valence-corrected chi connectivity index (χ3v) is 4.13. The highest BCUT2D eigenvalue weighted by atomic mass is 16.4. The first-order valence-electron chi connectivity index (χ1n) is 7.92. The molecule has 0 unspecified atom stereocenters. The molecule has 0 spiro atoms. The topological polar surface area (TPSA) is 77.3 Å². The Balaban J connectivity index is 1.84. The first-order chi connectivity index (χ1) is 10.7. The Morgan fingerprint density at radius 2 is 2.09 bits per heavy atom. The van der Waals surface area contributed by atoms with Gasteiger partial charge in [-0.25, -0.2) is 0 Å². The number of primary amides is 1. The van der Waals surface area contributed by atoms with E-state index >= 15 is 0 Å². The maximum atomic E-state index is 11.5. The Labute approximate surface area is 136 Å². The van der Waals surface area contributed by atoms with E-state index in [-0.39, 0.29) is 11.2 Å². The van der Waals surface area contributed by atoms with Gasteiger partial charge in [0.15, 0.2) is 5.76 Å². The van der Waals surface area contributed by atoms with Gasteiger partial charge in [0.25, 0.3) is 5.91 Å². The van der Waals surface area contributed by atoms with Gasteiger partial charge in [0.05, 0.1) is 17.9 Å². The number of amides is 1. The Morgan fingerprint density at radius 1 is 1.35 bits per heavy atom. The Kier molecular flexibility index (Phi) is 3.80. The Bertz CT molecular complexity index is 736. The van der Waals surface area contributed by atoms with E-state index in [1.165, 1.54) is 5.69 Å². The lowest BCUT2D eigenvalue weighted by molar-refractivity contribution is 0.0970. The summed E-state index contributed by atoms with van der Waals surface area (Å²) in [5, 5.41) is 4.49. The molecule has 0 aliphatic carbocycles. The minimum absolute atomic E-state index is 0.169. The van der Waals surface area contributed by atoms with E-state index in [0.29, 0.717) is 0 Å². The summed E-state index contributed by atoms with van der Waals surface area (Å²) in [6.45, 7) is 11.7. The van der Waals surface area contributed by atoms with Gasteiger partial charge in [-0.2, -0.15) is 5.10 Å². The maximum absolute atomic E-state index is 11.5. The van der Waals surface area contributed by atoms with Gasteiger partial charge in [-0.3, -0.25) is 14.4 Å². The third-order valence-electron chi connectivity index (χ3n) is 4.13. The molecular weight excluding hydrogens is 292 g/mol. The van der Waals surface area contributed by atoms with Crippen LogP contribution in [0.4, 0.5) is 0 Å². The quantitative estimate of drug-likeness (QED) is 0.941. The minimum Gasteiger partial charge on any atom is -0.455 e. The van der Waals surface area contributed by atoms with Gasteiger partial charge in [-0.15, -0.1) is 0 Å². The highest BCUT2D eigenvalue weighted by Gasteiger charge is 2.27. The van der Waals surface area contributed by atoms with Crippen LogP contribution in [0.2, 0.25) is 0 Å². The van der Waals surface area contributed by atoms with Crippen LogP contribution in [0.5, 0.6) is 0 Å². The molecule has 0 atom stereocenters.